The third kappa shape index (κ3) is 4.59. The fourth-order valence-electron chi connectivity index (χ4n) is 3.96. The summed E-state index contributed by atoms with van der Waals surface area (Å²) in [5.74, 6) is 0. The summed E-state index contributed by atoms with van der Waals surface area (Å²) in [4.78, 5) is 10.3. The summed E-state index contributed by atoms with van der Waals surface area (Å²) in [5, 5.41) is 13.3. The Labute approximate surface area is 194 Å². The molecule has 32 heavy (non-hydrogen) atoms. The Balaban J connectivity index is 1.85. The molecule has 4 rings (SSSR count). The number of nitriles is 1. The highest BCUT2D eigenvalue weighted by atomic mass is 32.1. The fourth-order valence-corrected chi connectivity index (χ4v) is 5.20. The number of rotatable bonds is 3. The van der Waals surface area contributed by atoms with E-state index in [1.54, 1.807) is 17.5 Å². The standard InChI is InChI=1S/C28H29N3S/c1-27(2,3)14-26-31-17-25(32-26)22-13-24(30-16-20(22)15-29)19-11-18-9-7-8-10-21(18)23(12-19)28(4,5)6/h7-13,16-17H,14H2,1-6H3. The van der Waals surface area contributed by atoms with Crippen LogP contribution in [0.4, 0.5) is 0 Å². The summed E-state index contributed by atoms with van der Waals surface area (Å²) < 4.78 is 0. The minimum atomic E-state index is 0.00453. The molecule has 0 atom stereocenters. The van der Waals surface area contributed by atoms with Gasteiger partial charge >= 0.3 is 0 Å². The first kappa shape index (κ1) is 22.2. The van der Waals surface area contributed by atoms with Crippen molar-refractivity contribution in [2.45, 2.75) is 53.4 Å². The normalized spacial score (nSPS) is 12.2. The van der Waals surface area contributed by atoms with Crippen LogP contribution in [0.1, 0.15) is 57.7 Å². The number of thiazole rings is 1. The molecule has 2 heterocycles. The highest BCUT2D eigenvalue weighted by Crippen LogP contribution is 2.37. The lowest BCUT2D eigenvalue weighted by Crippen LogP contribution is -2.12. The third-order valence-corrected chi connectivity index (χ3v) is 6.52. The number of benzene rings is 2. The van der Waals surface area contributed by atoms with Crippen molar-refractivity contribution in [3.05, 3.63) is 71.0 Å². The second kappa shape index (κ2) is 8.15. The van der Waals surface area contributed by atoms with Crippen molar-refractivity contribution >= 4 is 22.1 Å². The zero-order chi connectivity index (χ0) is 23.1. The molecule has 2 aromatic heterocycles. The molecule has 0 saturated heterocycles. The quantitative estimate of drug-likeness (QED) is 0.327. The minimum Gasteiger partial charge on any atom is -0.255 e. The van der Waals surface area contributed by atoms with Crippen LogP contribution in [-0.2, 0) is 11.8 Å². The molecular formula is C28H29N3S. The Kier molecular flexibility index (Phi) is 5.65. The Morgan fingerprint density at radius 1 is 0.938 bits per heavy atom. The topological polar surface area (TPSA) is 49.6 Å². The predicted molar refractivity (Wildman–Crippen MR) is 135 cm³/mol. The molecular weight excluding hydrogens is 410 g/mol. The summed E-state index contributed by atoms with van der Waals surface area (Å²) in [6, 6.07) is 17.3. The van der Waals surface area contributed by atoms with E-state index in [-0.39, 0.29) is 10.8 Å². The van der Waals surface area contributed by atoms with Crippen LogP contribution in [0.15, 0.2) is 54.9 Å². The lowest BCUT2D eigenvalue weighted by molar-refractivity contribution is 0.410. The van der Waals surface area contributed by atoms with Gasteiger partial charge in [0.1, 0.15) is 6.07 Å². The fraction of sp³-hybridized carbons (Fsp3) is 0.321. The number of pyridine rings is 1. The highest BCUT2D eigenvalue weighted by molar-refractivity contribution is 7.15. The van der Waals surface area contributed by atoms with Crippen LogP contribution in [0, 0.1) is 16.7 Å². The second-order valence-corrected chi connectivity index (χ2v) is 11.7. The van der Waals surface area contributed by atoms with E-state index in [4.69, 9.17) is 0 Å². The van der Waals surface area contributed by atoms with E-state index in [1.807, 2.05) is 12.3 Å². The molecule has 0 spiro atoms. The number of aromatic nitrogens is 2. The highest BCUT2D eigenvalue weighted by Gasteiger charge is 2.20. The monoisotopic (exact) mass is 439 g/mol. The van der Waals surface area contributed by atoms with Gasteiger partial charge in [-0.15, -0.1) is 11.3 Å². The molecule has 0 fully saturated rings. The van der Waals surface area contributed by atoms with Gasteiger partial charge < -0.3 is 0 Å². The minimum absolute atomic E-state index is 0.00453. The van der Waals surface area contributed by atoms with Gasteiger partial charge in [-0.3, -0.25) is 4.98 Å². The average molecular weight is 440 g/mol. The van der Waals surface area contributed by atoms with Crippen LogP contribution in [0.5, 0.6) is 0 Å². The van der Waals surface area contributed by atoms with E-state index in [2.05, 4.69) is 94.0 Å². The predicted octanol–water partition coefficient (Wildman–Crippen LogP) is 7.78. The van der Waals surface area contributed by atoms with Crippen LogP contribution in [0.25, 0.3) is 32.5 Å². The van der Waals surface area contributed by atoms with E-state index < -0.39 is 0 Å². The van der Waals surface area contributed by atoms with Crippen molar-refractivity contribution in [1.82, 2.24) is 9.97 Å². The molecule has 0 N–H and O–H groups in total. The Morgan fingerprint density at radius 2 is 1.69 bits per heavy atom. The van der Waals surface area contributed by atoms with E-state index >= 15 is 0 Å². The number of hydrogen-bond acceptors (Lipinski definition) is 4. The Morgan fingerprint density at radius 3 is 2.38 bits per heavy atom. The summed E-state index contributed by atoms with van der Waals surface area (Å²) in [5.41, 5.74) is 4.90. The Hall–Kier alpha value is -3.03. The molecule has 0 unspecified atom stereocenters. The van der Waals surface area contributed by atoms with Gasteiger partial charge in [0, 0.05) is 29.9 Å². The van der Waals surface area contributed by atoms with E-state index in [0.29, 0.717) is 5.56 Å². The van der Waals surface area contributed by atoms with Gasteiger partial charge in [-0.2, -0.15) is 5.26 Å². The van der Waals surface area contributed by atoms with E-state index in [9.17, 15) is 5.26 Å². The van der Waals surface area contributed by atoms with E-state index in [1.165, 1.54) is 16.3 Å². The van der Waals surface area contributed by atoms with Crippen LogP contribution in [0.3, 0.4) is 0 Å². The lowest BCUT2D eigenvalue weighted by Gasteiger charge is -2.22. The first-order valence-corrected chi connectivity index (χ1v) is 11.8. The van der Waals surface area contributed by atoms with Gasteiger partial charge in [0.2, 0.25) is 0 Å². The molecule has 0 amide bonds. The molecule has 0 saturated carbocycles. The van der Waals surface area contributed by atoms with Crippen LogP contribution >= 0.6 is 11.3 Å². The van der Waals surface area contributed by atoms with Crippen molar-refractivity contribution < 1.29 is 0 Å². The van der Waals surface area contributed by atoms with Gasteiger partial charge in [0.05, 0.1) is 21.1 Å². The van der Waals surface area contributed by atoms with Crippen LogP contribution < -0.4 is 0 Å². The third-order valence-electron chi connectivity index (χ3n) is 5.49. The SMILES string of the molecule is CC(C)(C)Cc1ncc(-c2cc(-c3cc(C(C)(C)C)c4ccccc4c3)ncc2C#N)s1. The molecule has 162 valence electrons. The molecule has 0 bridgehead atoms. The molecule has 0 aliphatic rings. The molecule has 2 aromatic carbocycles. The number of nitrogens with zero attached hydrogens (tertiary/aromatic N) is 3. The zero-order valence-electron chi connectivity index (χ0n) is 19.7. The maximum atomic E-state index is 9.72. The maximum absolute atomic E-state index is 9.72. The average Bonchev–Trinajstić information content (AvgIpc) is 3.18. The lowest BCUT2D eigenvalue weighted by atomic mass is 9.82. The van der Waals surface area contributed by atoms with Crippen molar-refractivity contribution in [2.24, 2.45) is 5.41 Å². The Bertz CT molecular complexity index is 1330. The van der Waals surface area contributed by atoms with Gasteiger partial charge in [-0.25, -0.2) is 4.98 Å². The van der Waals surface area contributed by atoms with Crippen molar-refractivity contribution in [2.75, 3.05) is 0 Å². The number of fused-ring (bicyclic) bond motifs is 1. The smallest absolute Gasteiger partial charge is 0.101 e. The molecule has 4 aromatic rings. The molecule has 0 aliphatic carbocycles. The largest absolute Gasteiger partial charge is 0.255 e. The molecule has 0 radical (unpaired) electrons. The second-order valence-electron chi connectivity index (χ2n) is 10.6. The summed E-state index contributed by atoms with van der Waals surface area (Å²) in [7, 11) is 0. The van der Waals surface area contributed by atoms with E-state index in [0.717, 1.165) is 33.1 Å². The first-order valence-electron chi connectivity index (χ1n) is 10.9. The summed E-state index contributed by atoms with van der Waals surface area (Å²) in [6.07, 6.45) is 4.50. The first-order chi connectivity index (χ1) is 15.0. The van der Waals surface area contributed by atoms with Crippen molar-refractivity contribution in [3.8, 4) is 27.8 Å². The maximum Gasteiger partial charge on any atom is 0.101 e. The van der Waals surface area contributed by atoms with Crippen molar-refractivity contribution in [1.29, 1.82) is 5.26 Å². The van der Waals surface area contributed by atoms with Gasteiger partial charge in [-0.05, 0) is 45.4 Å². The summed E-state index contributed by atoms with van der Waals surface area (Å²) >= 11 is 1.67. The van der Waals surface area contributed by atoms with Gasteiger partial charge in [0.15, 0.2) is 0 Å². The molecule has 0 aliphatic heterocycles. The van der Waals surface area contributed by atoms with Gasteiger partial charge in [-0.1, -0.05) is 65.8 Å². The number of hydrogen-bond donors (Lipinski definition) is 0. The molecule has 4 heteroatoms. The zero-order valence-corrected chi connectivity index (χ0v) is 20.5. The van der Waals surface area contributed by atoms with Crippen LogP contribution in [-0.4, -0.2) is 9.97 Å². The van der Waals surface area contributed by atoms with Crippen molar-refractivity contribution in [3.63, 3.8) is 0 Å². The van der Waals surface area contributed by atoms with Gasteiger partial charge in [0.25, 0.3) is 0 Å². The summed E-state index contributed by atoms with van der Waals surface area (Å²) in [6.45, 7) is 13.4. The molecule has 3 nitrogen and oxygen atoms in total. The van der Waals surface area contributed by atoms with Crippen LogP contribution in [0.2, 0.25) is 0 Å².